The predicted octanol–water partition coefficient (Wildman–Crippen LogP) is 5.54. The molecule has 0 fully saturated rings. The lowest BCUT2D eigenvalue weighted by Crippen LogP contribution is -2.23. The summed E-state index contributed by atoms with van der Waals surface area (Å²) < 4.78 is 63.6. The van der Waals surface area contributed by atoms with E-state index in [0.717, 1.165) is 10.5 Å². The Morgan fingerprint density at radius 3 is 2.67 bits per heavy atom. The molecule has 3 N–H and O–H groups in total. The monoisotopic (exact) mass is 627 g/mol. The van der Waals surface area contributed by atoms with Gasteiger partial charge >= 0.3 is 0 Å². The number of nitrogens with one attached hydrogen (secondary N) is 1. The van der Waals surface area contributed by atoms with E-state index in [1.165, 1.54) is 30.0 Å². The van der Waals surface area contributed by atoms with Crippen molar-refractivity contribution in [2.75, 3.05) is 17.6 Å². The molecule has 2 heterocycles. The van der Waals surface area contributed by atoms with E-state index in [0.29, 0.717) is 28.4 Å². The van der Waals surface area contributed by atoms with Gasteiger partial charge < -0.3 is 10.5 Å². The molecule has 2 aromatic heterocycles. The maximum absolute atomic E-state index is 14.5. The van der Waals surface area contributed by atoms with Gasteiger partial charge in [-0.15, -0.1) is 0 Å². The number of rotatable bonds is 6. The molecule has 1 aliphatic rings. The van der Waals surface area contributed by atoms with Crippen LogP contribution in [0.4, 0.5) is 20.4 Å². The highest BCUT2D eigenvalue weighted by molar-refractivity contribution is 9.10. The molecule has 2 aromatic carbocycles. The van der Waals surface area contributed by atoms with Gasteiger partial charge in [-0.25, -0.2) is 31.7 Å². The third-order valence-corrected chi connectivity index (χ3v) is 7.87. The van der Waals surface area contributed by atoms with Crippen LogP contribution in [0, 0.1) is 0 Å². The summed E-state index contributed by atoms with van der Waals surface area (Å²) in [7, 11) is -3.20. The van der Waals surface area contributed by atoms with E-state index in [4.69, 9.17) is 10.5 Å². The summed E-state index contributed by atoms with van der Waals surface area (Å²) in [4.78, 5) is 21.3. The molecule has 0 bridgehead atoms. The summed E-state index contributed by atoms with van der Waals surface area (Å²) >= 11 is 3.39. The number of ether oxygens (including phenoxy) is 1. The van der Waals surface area contributed by atoms with Crippen molar-refractivity contribution in [3.63, 3.8) is 0 Å². The Balaban J connectivity index is 1.59. The van der Waals surface area contributed by atoms with Crippen LogP contribution in [0.25, 0.3) is 27.7 Å². The largest absolute Gasteiger partial charge is 0.480 e. The summed E-state index contributed by atoms with van der Waals surface area (Å²) in [5.74, 6) is -2.13. The molecule has 40 heavy (non-hydrogen) atoms. The van der Waals surface area contributed by atoms with E-state index in [1.54, 1.807) is 36.4 Å². The molecule has 0 saturated heterocycles. The Morgan fingerprint density at radius 1 is 1.12 bits per heavy atom. The summed E-state index contributed by atoms with van der Waals surface area (Å²) in [6.07, 6.45) is 3.91. The van der Waals surface area contributed by atoms with E-state index in [9.17, 15) is 22.0 Å². The quantitative estimate of drug-likeness (QED) is 0.287. The fourth-order valence-electron chi connectivity index (χ4n) is 4.14. The van der Waals surface area contributed by atoms with Crippen LogP contribution in [0.1, 0.15) is 6.42 Å². The molecular weight excluding hydrogens is 608 g/mol. The van der Waals surface area contributed by atoms with E-state index >= 15 is 0 Å². The first-order valence-corrected chi connectivity index (χ1v) is 13.9. The van der Waals surface area contributed by atoms with Crippen molar-refractivity contribution in [2.45, 2.75) is 6.42 Å². The summed E-state index contributed by atoms with van der Waals surface area (Å²) in [5, 5.41) is 0.259. The number of benzene rings is 2. The molecule has 4 aromatic rings. The second-order valence-corrected chi connectivity index (χ2v) is 11.2. The van der Waals surface area contributed by atoms with E-state index in [2.05, 4.69) is 30.6 Å². The van der Waals surface area contributed by atoms with Crippen molar-refractivity contribution in [1.29, 1.82) is 0 Å². The van der Waals surface area contributed by atoms with Gasteiger partial charge in [0.05, 0.1) is 23.7 Å². The minimum absolute atomic E-state index is 0.00924. The number of hydrogen-bond donors (Lipinski definition) is 2. The van der Waals surface area contributed by atoms with Gasteiger partial charge in [-0.2, -0.15) is 0 Å². The van der Waals surface area contributed by atoms with Crippen molar-refractivity contribution in [3.8, 4) is 22.7 Å². The van der Waals surface area contributed by atoms with E-state index < -0.39 is 32.1 Å². The lowest BCUT2D eigenvalue weighted by molar-refractivity contribution is 0.400. The van der Waals surface area contributed by atoms with Gasteiger partial charge in [-0.1, -0.05) is 34.1 Å². The predicted molar refractivity (Wildman–Crippen MR) is 153 cm³/mol. The summed E-state index contributed by atoms with van der Waals surface area (Å²) in [6, 6.07) is 13.3. The normalized spacial score (nSPS) is 13.8. The van der Waals surface area contributed by atoms with Crippen LogP contribution in [0.2, 0.25) is 0 Å². The third-order valence-electron chi connectivity index (χ3n) is 5.97. The molecule has 0 radical (unpaired) electrons. The molecule has 0 atom stereocenters. The topological polar surface area (TPSA) is 129 Å². The number of sulfonamides is 1. The lowest BCUT2D eigenvalue weighted by atomic mass is 10.0. The molecule has 204 valence electrons. The number of nitrogen functional groups attached to an aromatic ring is 1. The SMILES string of the molecule is COc1ncc(-c2ccc3nc(N)n(-c4cccc(Br)c4)c(=O)c3c2)cc1NS(=O)(=O)C1=C(F)C=C(F)CC=C1. The van der Waals surface area contributed by atoms with Gasteiger partial charge in [0.15, 0.2) is 0 Å². The minimum atomic E-state index is -4.49. The molecule has 1 aliphatic carbocycles. The van der Waals surface area contributed by atoms with Crippen molar-refractivity contribution < 1.29 is 21.9 Å². The van der Waals surface area contributed by atoms with E-state index in [-0.39, 0.29) is 29.3 Å². The van der Waals surface area contributed by atoms with Gasteiger partial charge in [0.2, 0.25) is 11.8 Å². The fourth-order valence-corrected chi connectivity index (χ4v) is 5.66. The van der Waals surface area contributed by atoms with Crippen LogP contribution in [-0.4, -0.2) is 30.1 Å². The van der Waals surface area contributed by atoms with Crippen molar-refractivity contribution in [1.82, 2.24) is 14.5 Å². The fraction of sp³-hybridized carbons (Fsp3) is 0.0741. The van der Waals surface area contributed by atoms with Crippen LogP contribution in [0.3, 0.4) is 0 Å². The maximum Gasteiger partial charge on any atom is 0.267 e. The Hall–Kier alpha value is -4.36. The van der Waals surface area contributed by atoms with Crippen LogP contribution in [-0.2, 0) is 10.0 Å². The maximum atomic E-state index is 14.5. The van der Waals surface area contributed by atoms with Crippen molar-refractivity contribution in [3.05, 3.63) is 104 Å². The first-order valence-electron chi connectivity index (χ1n) is 11.7. The number of pyridine rings is 1. The highest BCUT2D eigenvalue weighted by Gasteiger charge is 2.24. The average molecular weight is 628 g/mol. The molecule has 0 spiro atoms. The van der Waals surface area contributed by atoms with Crippen molar-refractivity contribution in [2.24, 2.45) is 0 Å². The first-order chi connectivity index (χ1) is 19.1. The smallest absolute Gasteiger partial charge is 0.267 e. The zero-order valence-corrected chi connectivity index (χ0v) is 23.1. The highest BCUT2D eigenvalue weighted by Crippen LogP contribution is 2.32. The minimum Gasteiger partial charge on any atom is -0.480 e. The highest BCUT2D eigenvalue weighted by atomic mass is 79.9. The van der Waals surface area contributed by atoms with Crippen molar-refractivity contribution >= 4 is 48.5 Å². The summed E-state index contributed by atoms with van der Waals surface area (Å²) in [6.45, 7) is 0. The second kappa shape index (κ2) is 10.7. The number of nitrogens with two attached hydrogens (primary N) is 1. The standard InChI is InChI=1S/C27H20BrF2N5O4S/c1-39-25-23(34-40(37,38)24-7-3-5-18(29)13-21(24)30)11-16(14-32-25)15-8-9-22-20(10-15)26(36)35(27(31)33-22)19-6-2-4-17(28)12-19/h2-4,6-14,34H,5H2,1H3,(H2,31,33). The number of nitrogens with zero attached hydrogens (tertiary/aromatic N) is 3. The molecule has 9 nitrogen and oxygen atoms in total. The van der Waals surface area contributed by atoms with Gasteiger partial charge in [-0.05, 0) is 48.0 Å². The Kier molecular flexibility index (Phi) is 7.25. The van der Waals surface area contributed by atoms with Gasteiger partial charge in [0.25, 0.3) is 15.6 Å². The molecule has 0 saturated carbocycles. The third kappa shape index (κ3) is 5.25. The van der Waals surface area contributed by atoms with Gasteiger partial charge in [0, 0.05) is 28.7 Å². The van der Waals surface area contributed by atoms with E-state index in [1.807, 2.05) is 6.07 Å². The number of fused-ring (bicyclic) bond motifs is 1. The Morgan fingerprint density at radius 2 is 1.93 bits per heavy atom. The number of aromatic nitrogens is 3. The van der Waals surface area contributed by atoms with Crippen LogP contribution in [0.15, 0.2) is 98.8 Å². The zero-order chi connectivity index (χ0) is 28.6. The number of halogens is 3. The molecule has 13 heteroatoms. The zero-order valence-electron chi connectivity index (χ0n) is 20.7. The van der Waals surface area contributed by atoms with Crippen LogP contribution < -0.4 is 20.8 Å². The average Bonchev–Trinajstić information content (AvgIpc) is 3.08. The Labute approximate surface area is 235 Å². The second-order valence-electron chi connectivity index (χ2n) is 8.62. The molecule has 0 amide bonds. The van der Waals surface area contributed by atoms with Crippen LogP contribution in [0.5, 0.6) is 5.88 Å². The summed E-state index contributed by atoms with van der Waals surface area (Å²) in [5.41, 5.74) is 7.41. The molecule has 0 unspecified atom stereocenters. The lowest BCUT2D eigenvalue weighted by Gasteiger charge is -2.14. The number of hydrogen-bond acceptors (Lipinski definition) is 7. The van der Waals surface area contributed by atoms with Gasteiger partial charge in [-0.3, -0.25) is 9.52 Å². The first kappa shape index (κ1) is 27.2. The number of methoxy groups -OCH3 is 1. The molecule has 0 aliphatic heterocycles. The Bertz CT molecular complexity index is 1940. The van der Waals surface area contributed by atoms with Gasteiger partial charge in [0.1, 0.15) is 22.2 Å². The molecule has 5 rings (SSSR count). The van der Waals surface area contributed by atoms with Crippen LogP contribution >= 0.6 is 15.9 Å². The number of anilines is 2. The number of allylic oxidation sites excluding steroid dienone is 5. The molecular formula is C27H20BrF2N5O4S.